The number of esters is 1. The smallest absolute Gasteiger partial charge is 0.338 e. The van der Waals surface area contributed by atoms with Crippen LogP contribution in [0.15, 0.2) is 33.5 Å². The third kappa shape index (κ3) is 3.36. The molecule has 1 aromatic heterocycles. The first-order chi connectivity index (χ1) is 11.5. The molecule has 24 heavy (non-hydrogen) atoms. The van der Waals surface area contributed by atoms with E-state index in [4.69, 9.17) is 9.15 Å². The Kier molecular flexibility index (Phi) is 4.71. The summed E-state index contributed by atoms with van der Waals surface area (Å²) in [7, 11) is 0. The molecule has 0 bridgehead atoms. The summed E-state index contributed by atoms with van der Waals surface area (Å²) in [4.78, 5) is 24.0. The van der Waals surface area contributed by atoms with Crippen LogP contribution in [0.3, 0.4) is 0 Å². The maximum absolute atomic E-state index is 12.2. The van der Waals surface area contributed by atoms with E-state index < -0.39 is 17.2 Å². The van der Waals surface area contributed by atoms with Crippen LogP contribution in [0.4, 0.5) is 0 Å². The van der Waals surface area contributed by atoms with Crippen LogP contribution in [0.25, 0.3) is 11.0 Å². The van der Waals surface area contributed by atoms with Crippen molar-refractivity contribution in [2.24, 2.45) is 0 Å². The number of benzene rings is 1. The second kappa shape index (κ2) is 6.77. The second-order valence-electron chi connectivity index (χ2n) is 6.44. The van der Waals surface area contributed by atoms with Crippen molar-refractivity contribution in [3.8, 4) is 0 Å². The van der Waals surface area contributed by atoms with Gasteiger partial charge in [0.1, 0.15) is 12.2 Å². The van der Waals surface area contributed by atoms with Gasteiger partial charge in [-0.1, -0.05) is 25.5 Å². The predicted octanol–water partition coefficient (Wildman–Crippen LogP) is 3.09. The molecule has 2 aromatic rings. The molecule has 5 nitrogen and oxygen atoms in total. The molecule has 0 radical (unpaired) electrons. The molecule has 1 N–H and O–H groups in total. The molecule has 0 unspecified atom stereocenters. The van der Waals surface area contributed by atoms with Crippen molar-refractivity contribution in [3.05, 3.63) is 45.8 Å². The Morgan fingerprint density at radius 3 is 2.71 bits per heavy atom. The highest BCUT2D eigenvalue weighted by atomic mass is 16.5. The lowest BCUT2D eigenvalue weighted by Crippen LogP contribution is -2.41. The molecular weight excluding hydrogens is 308 g/mol. The Bertz CT molecular complexity index is 799. The normalized spacial score (nSPS) is 16.9. The summed E-state index contributed by atoms with van der Waals surface area (Å²) >= 11 is 0. The minimum atomic E-state index is -1.39. The molecule has 1 fully saturated rings. The van der Waals surface area contributed by atoms with E-state index in [0.29, 0.717) is 24.0 Å². The Balaban J connectivity index is 1.82. The van der Waals surface area contributed by atoms with Gasteiger partial charge in [0.2, 0.25) is 0 Å². The number of aryl methyl sites for hydroxylation is 1. The third-order valence-corrected chi connectivity index (χ3v) is 4.72. The molecule has 0 spiro atoms. The Morgan fingerprint density at radius 2 is 2.00 bits per heavy atom. The average Bonchev–Trinajstić information content (AvgIpc) is 2.59. The van der Waals surface area contributed by atoms with Gasteiger partial charge in [-0.15, -0.1) is 0 Å². The molecule has 3 rings (SSSR count). The third-order valence-electron chi connectivity index (χ3n) is 4.72. The topological polar surface area (TPSA) is 76.7 Å². The number of fused-ring (bicyclic) bond motifs is 1. The number of rotatable bonds is 4. The zero-order valence-electron chi connectivity index (χ0n) is 13.8. The zero-order valence-corrected chi connectivity index (χ0v) is 13.8. The molecule has 0 atom stereocenters. The van der Waals surface area contributed by atoms with Gasteiger partial charge in [-0.2, -0.15) is 0 Å². The maximum Gasteiger partial charge on any atom is 0.338 e. The van der Waals surface area contributed by atoms with Crippen molar-refractivity contribution in [1.29, 1.82) is 0 Å². The Hall–Kier alpha value is -2.14. The van der Waals surface area contributed by atoms with Crippen LogP contribution in [0.2, 0.25) is 0 Å². The van der Waals surface area contributed by atoms with Gasteiger partial charge in [-0.3, -0.25) is 0 Å². The number of hydrogen-bond donors (Lipinski definition) is 1. The SMILES string of the molecule is CCc1ccc2c(COC(=O)C3(O)CCCCC3)cc(=O)oc2c1. The summed E-state index contributed by atoms with van der Waals surface area (Å²) in [5.41, 5.74) is 0.290. The van der Waals surface area contributed by atoms with Gasteiger partial charge in [0.25, 0.3) is 0 Å². The number of aliphatic hydroxyl groups is 1. The van der Waals surface area contributed by atoms with E-state index in [2.05, 4.69) is 0 Å². The monoisotopic (exact) mass is 330 g/mol. The van der Waals surface area contributed by atoms with E-state index in [-0.39, 0.29) is 6.61 Å². The number of carbonyl (C=O) groups is 1. The molecule has 128 valence electrons. The van der Waals surface area contributed by atoms with Crippen molar-refractivity contribution >= 4 is 16.9 Å². The van der Waals surface area contributed by atoms with E-state index in [9.17, 15) is 14.7 Å². The fraction of sp³-hybridized carbons (Fsp3) is 0.474. The lowest BCUT2D eigenvalue weighted by atomic mass is 9.85. The van der Waals surface area contributed by atoms with E-state index in [1.54, 1.807) is 0 Å². The first-order valence-corrected chi connectivity index (χ1v) is 8.47. The standard InChI is InChI=1S/C19H22O5/c1-2-13-6-7-15-14(11-17(20)24-16(15)10-13)12-23-18(21)19(22)8-4-3-5-9-19/h6-7,10-11,22H,2-5,8-9,12H2,1H3. The summed E-state index contributed by atoms with van der Waals surface area (Å²) in [5, 5.41) is 11.1. The fourth-order valence-electron chi connectivity index (χ4n) is 3.23. The molecule has 0 amide bonds. The summed E-state index contributed by atoms with van der Waals surface area (Å²) in [5.74, 6) is -0.603. The van der Waals surface area contributed by atoms with E-state index in [1.165, 1.54) is 6.07 Å². The number of carbonyl (C=O) groups excluding carboxylic acids is 1. The number of hydrogen-bond acceptors (Lipinski definition) is 5. The molecule has 1 heterocycles. The quantitative estimate of drug-likeness (QED) is 0.688. The molecule has 1 aliphatic rings. The molecular formula is C19H22O5. The second-order valence-corrected chi connectivity index (χ2v) is 6.44. The first-order valence-electron chi connectivity index (χ1n) is 8.47. The van der Waals surface area contributed by atoms with Crippen LogP contribution in [-0.2, 0) is 22.6 Å². The van der Waals surface area contributed by atoms with Gasteiger partial charge in [0.05, 0.1) is 0 Å². The summed E-state index contributed by atoms with van der Waals surface area (Å²) in [6.07, 6.45) is 4.38. The van der Waals surface area contributed by atoms with Gasteiger partial charge in [0.15, 0.2) is 5.60 Å². The minimum absolute atomic E-state index is 0.0469. The van der Waals surface area contributed by atoms with Crippen LogP contribution < -0.4 is 5.63 Å². The molecule has 1 aromatic carbocycles. The van der Waals surface area contributed by atoms with Crippen LogP contribution in [0.5, 0.6) is 0 Å². The summed E-state index contributed by atoms with van der Waals surface area (Å²) in [6.45, 7) is 1.98. The van der Waals surface area contributed by atoms with Crippen molar-refractivity contribution in [2.45, 2.75) is 57.7 Å². The zero-order chi connectivity index (χ0) is 17.2. The van der Waals surface area contributed by atoms with E-state index >= 15 is 0 Å². The van der Waals surface area contributed by atoms with E-state index in [0.717, 1.165) is 36.6 Å². The Labute approximate surface area is 140 Å². The number of ether oxygens (including phenoxy) is 1. The molecule has 1 aliphatic carbocycles. The lowest BCUT2D eigenvalue weighted by molar-refractivity contribution is -0.170. The highest BCUT2D eigenvalue weighted by molar-refractivity contribution is 5.82. The Morgan fingerprint density at radius 1 is 1.25 bits per heavy atom. The summed E-state index contributed by atoms with van der Waals surface area (Å²) < 4.78 is 10.6. The highest BCUT2D eigenvalue weighted by Gasteiger charge is 2.38. The largest absolute Gasteiger partial charge is 0.459 e. The molecule has 0 aliphatic heterocycles. The highest BCUT2D eigenvalue weighted by Crippen LogP contribution is 2.29. The van der Waals surface area contributed by atoms with Crippen LogP contribution in [-0.4, -0.2) is 16.7 Å². The predicted molar refractivity (Wildman–Crippen MR) is 89.7 cm³/mol. The van der Waals surface area contributed by atoms with Gasteiger partial charge >= 0.3 is 11.6 Å². The first kappa shape index (κ1) is 16.7. The summed E-state index contributed by atoms with van der Waals surface area (Å²) in [6, 6.07) is 7.00. The molecule has 1 saturated carbocycles. The molecule has 5 heteroatoms. The van der Waals surface area contributed by atoms with Crippen molar-refractivity contribution < 1.29 is 19.1 Å². The van der Waals surface area contributed by atoms with E-state index in [1.807, 2.05) is 25.1 Å². The van der Waals surface area contributed by atoms with Crippen LogP contribution in [0.1, 0.15) is 50.2 Å². The lowest BCUT2D eigenvalue weighted by Gasteiger charge is -2.29. The van der Waals surface area contributed by atoms with Crippen LogP contribution >= 0.6 is 0 Å². The van der Waals surface area contributed by atoms with Gasteiger partial charge in [-0.05, 0) is 43.7 Å². The molecule has 0 saturated heterocycles. The van der Waals surface area contributed by atoms with Crippen LogP contribution in [0, 0.1) is 0 Å². The van der Waals surface area contributed by atoms with Crippen molar-refractivity contribution in [2.75, 3.05) is 0 Å². The van der Waals surface area contributed by atoms with Gasteiger partial charge < -0.3 is 14.3 Å². The average molecular weight is 330 g/mol. The van der Waals surface area contributed by atoms with Gasteiger partial charge in [-0.25, -0.2) is 9.59 Å². The minimum Gasteiger partial charge on any atom is -0.459 e. The maximum atomic E-state index is 12.2. The van der Waals surface area contributed by atoms with Crippen molar-refractivity contribution in [1.82, 2.24) is 0 Å². The van der Waals surface area contributed by atoms with Crippen molar-refractivity contribution in [3.63, 3.8) is 0 Å². The van der Waals surface area contributed by atoms with Gasteiger partial charge in [0, 0.05) is 17.0 Å². The fourth-order valence-corrected chi connectivity index (χ4v) is 3.23.